The Morgan fingerprint density at radius 1 is 1.16 bits per heavy atom. The highest BCUT2D eigenvalue weighted by atomic mass is 32.2. The molecule has 19 heavy (non-hydrogen) atoms. The zero-order chi connectivity index (χ0) is 14.1. The van der Waals surface area contributed by atoms with Crippen molar-refractivity contribution >= 4 is 10.0 Å². The Hall–Kier alpha value is -0.210. The van der Waals surface area contributed by atoms with Crippen molar-refractivity contribution in [1.29, 1.82) is 0 Å². The number of unbranched alkanes of at least 4 members (excludes halogenated alkanes) is 1. The third kappa shape index (κ3) is 6.18. The molecule has 0 aliphatic carbocycles. The van der Waals surface area contributed by atoms with Crippen LogP contribution in [-0.2, 0) is 14.8 Å². The molecule has 2 N–H and O–H groups in total. The molecule has 0 aromatic carbocycles. The van der Waals surface area contributed by atoms with Crippen LogP contribution in [0.15, 0.2) is 0 Å². The van der Waals surface area contributed by atoms with Crippen LogP contribution < -0.4 is 5.73 Å². The summed E-state index contributed by atoms with van der Waals surface area (Å²) >= 11 is 0. The van der Waals surface area contributed by atoms with Crippen molar-refractivity contribution in [2.75, 3.05) is 58.2 Å². The smallest absolute Gasteiger partial charge is 0.216 e. The summed E-state index contributed by atoms with van der Waals surface area (Å²) in [7, 11) is -3.14. The monoisotopic (exact) mass is 293 g/mol. The van der Waals surface area contributed by atoms with Crippen molar-refractivity contribution in [3.63, 3.8) is 0 Å². The Balaban J connectivity index is 2.28. The number of hydrogen-bond acceptors (Lipinski definition) is 5. The maximum atomic E-state index is 12.0. The molecule has 1 heterocycles. The van der Waals surface area contributed by atoms with Crippen LogP contribution >= 0.6 is 0 Å². The molecule has 0 spiro atoms. The summed E-state index contributed by atoms with van der Waals surface area (Å²) in [5.74, 6) is 0.0913. The lowest BCUT2D eigenvalue weighted by Crippen LogP contribution is -2.49. The van der Waals surface area contributed by atoms with Gasteiger partial charge >= 0.3 is 0 Å². The van der Waals surface area contributed by atoms with E-state index in [1.807, 2.05) is 6.92 Å². The normalized spacial score (nSPS) is 18.8. The fourth-order valence-electron chi connectivity index (χ4n) is 2.15. The van der Waals surface area contributed by atoms with Crippen LogP contribution in [0.4, 0.5) is 0 Å². The predicted molar refractivity (Wildman–Crippen MR) is 76.6 cm³/mol. The highest BCUT2D eigenvalue weighted by molar-refractivity contribution is 7.89. The second kappa shape index (κ2) is 8.86. The molecule has 0 aromatic rings. The van der Waals surface area contributed by atoms with Gasteiger partial charge in [-0.3, -0.25) is 0 Å². The molecule has 0 atom stereocenters. The summed E-state index contributed by atoms with van der Waals surface area (Å²) in [6.45, 7) is 7.29. The first-order valence-electron chi connectivity index (χ1n) is 7.08. The number of rotatable bonds is 9. The summed E-state index contributed by atoms with van der Waals surface area (Å²) in [5.41, 5.74) is 5.46. The first-order valence-corrected chi connectivity index (χ1v) is 8.69. The number of piperazine rings is 1. The summed E-state index contributed by atoms with van der Waals surface area (Å²) in [6.07, 6.45) is 2.13. The molecule has 114 valence electrons. The average Bonchev–Trinajstić information content (AvgIpc) is 2.40. The molecule has 0 bridgehead atoms. The maximum absolute atomic E-state index is 12.0. The van der Waals surface area contributed by atoms with Crippen molar-refractivity contribution in [2.24, 2.45) is 5.73 Å². The molecule has 6 nitrogen and oxygen atoms in total. The van der Waals surface area contributed by atoms with Crippen LogP contribution in [0.25, 0.3) is 0 Å². The van der Waals surface area contributed by atoms with Crippen LogP contribution in [0.2, 0.25) is 0 Å². The third-order valence-corrected chi connectivity index (χ3v) is 5.18. The Morgan fingerprint density at radius 3 is 2.42 bits per heavy atom. The third-order valence-electron chi connectivity index (χ3n) is 3.34. The van der Waals surface area contributed by atoms with Crippen LogP contribution in [0, 0.1) is 0 Å². The van der Waals surface area contributed by atoms with Gasteiger partial charge in [-0.1, -0.05) is 0 Å². The lowest BCUT2D eigenvalue weighted by atomic mass is 10.2. The van der Waals surface area contributed by atoms with E-state index in [1.54, 1.807) is 4.31 Å². The van der Waals surface area contributed by atoms with Crippen LogP contribution in [0.3, 0.4) is 0 Å². The molecular formula is C12H27N3O3S. The van der Waals surface area contributed by atoms with Gasteiger partial charge in [0, 0.05) is 32.8 Å². The number of nitrogens with two attached hydrogens (primary N) is 1. The molecule has 1 aliphatic rings. The maximum Gasteiger partial charge on any atom is 0.216 e. The lowest BCUT2D eigenvalue weighted by molar-refractivity contribution is 0.159. The van der Waals surface area contributed by atoms with E-state index in [4.69, 9.17) is 10.5 Å². The molecule has 7 heteroatoms. The largest absolute Gasteiger partial charge is 0.381 e. The van der Waals surface area contributed by atoms with E-state index in [1.165, 1.54) is 0 Å². The van der Waals surface area contributed by atoms with Gasteiger partial charge < -0.3 is 15.4 Å². The molecule has 0 radical (unpaired) electrons. The molecule has 1 aliphatic heterocycles. The van der Waals surface area contributed by atoms with Gasteiger partial charge in [0.05, 0.1) is 12.4 Å². The molecule has 0 saturated carbocycles. The van der Waals surface area contributed by atoms with Crippen molar-refractivity contribution in [1.82, 2.24) is 9.21 Å². The minimum absolute atomic E-state index is 0.0913. The molecule has 1 rings (SSSR count). The first-order chi connectivity index (χ1) is 9.10. The first kappa shape index (κ1) is 16.8. The zero-order valence-corrected chi connectivity index (χ0v) is 12.7. The van der Waals surface area contributed by atoms with E-state index in [0.29, 0.717) is 19.7 Å². The van der Waals surface area contributed by atoms with Gasteiger partial charge in [-0.05, 0) is 32.9 Å². The van der Waals surface area contributed by atoms with E-state index < -0.39 is 10.0 Å². The van der Waals surface area contributed by atoms with Crippen LogP contribution in [0.1, 0.15) is 19.8 Å². The van der Waals surface area contributed by atoms with Gasteiger partial charge in [-0.2, -0.15) is 4.31 Å². The van der Waals surface area contributed by atoms with E-state index >= 15 is 0 Å². The summed E-state index contributed by atoms with van der Waals surface area (Å²) in [6, 6.07) is 0. The summed E-state index contributed by atoms with van der Waals surface area (Å²) in [4.78, 5) is 2.31. The summed E-state index contributed by atoms with van der Waals surface area (Å²) < 4.78 is 30.8. The fraction of sp³-hybridized carbons (Fsp3) is 1.00. The molecular weight excluding hydrogens is 266 g/mol. The number of hydrogen-bond donors (Lipinski definition) is 1. The number of nitrogens with zero attached hydrogens (tertiary/aromatic N) is 2. The zero-order valence-electron chi connectivity index (χ0n) is 11.9. The van der Waals surface area contributed by atoms with Crippen molar-refractivity contribution < 1.29 is 13.2 Å². The summed E-state index contributed by atoms with van der Waals surface area (Å²) in [5, 5.41) is 0. The Kier molecular flexibility index (Phi) is 7.86. The topological polar surface area (TPSA) is 75.9 Å². The van der Waals surface area contributed by atoms with Crippen molar-refractivity contribution in [2.45, 2.75) is 19.8 Å². The molecule has 0 aromatic heterocycles. The van der Waals surface area contributed by atoms with Crippen LogP contribution in [-0.4, -0.2) is 75.9 Å². The molecule has 1 fully saturated rings. The minimum atomic E-state index is -3.14. The number of ether oxygens (including phenoxy) is 1. The Labute approximate surface area is 116 Å². The van der Waals surface area contributed by atoms with Gasteiger partial charge in [0.15, 0.2) is 0 Å². The standard InChI is InChI=1S/C12H27N3O3S/c1-2-18-11-12-19(16,17)15-9-7-14(8-10-15)6-4-3-5-13/h2-13H2,1H3. The quantitative estimate of drug-likeness (QED) is 0.591. The van der Waals surface area contributed by atoms with E-state index in [9.17, 15) is 8.42 Å². The second-order valence-electron chi connectivity index (χ2n) is 4.75. The fourth-order valence-corrected chi connectivity index (χ4v) is 3.46. The highest BCUT2D eigenvalue weighted by Crippen LogP contribution is 2.09. The number of sulfonamides is 1. The average molecular weight is 293 g/mol. The van der Waals surface area contributed by atoms with E-state index in [2.05, 4.69) is 4.90 Å². The van der Waals surface area contributed by atoms with Gasteiger partial charge in [-0.15, -0.1) is 0 Å². The van der Waals surface area contributed by atoms with Gasteiger partial charge in [-0.25, -0.2) is 8.42 Å². The van der Waals surface area contributed by atoms with Gasteiger partial charge in [0.25, 0.3) is 0 Å². The van der Waals surface area contributed by atoms with E-state index in [-0.39, 0.29) is 12.4 Å². The molecule has 0 amide bonds. The second-order valence-corrected chi connectivity index (χ2v) is 6.84. The predicted octanol–water partition coefficient (Wildman–Crippen LogP) is -0.291. The highest BCUT2D eigenvalue weighted by Gasteiger charge is 2.26. The molecule has 1 saturated heterocycles. The lowest BCUT2D eigenvalue weighted by Gasteiger charge is -2.33. The van der Waals surface area contributed by atoms with Gasteiger partial charge in [0.1, 0.15) is 0 Å². The minimum Gasteiger partial charge on any atom is -0.381 e. The van der Waals surface area contributed by atoms with Crippen LogP contribution in [0.5, 0.6) is 0 Å². The SMILES string of the molecule is CCOCCS(=O)(=O)N1CCN(CCCCN)CC1. The van der Waals surface area contributed by atoms with E-state index in [0.717, 1.165) is 39.0 Å². The molecule has 0 unspecified atom stereocenters. The van der Waals surface area contributed by atoms with Crippen molar-refractivity contribution in [3.05, 3.63) is 0 Å². The Bertz CT molecular complexity index is 327. The van der Waals surface area contributed by atoms with Crippen molar-refractivity contribution in [3.8, 4) is 0 Å². The Morgan fingerprint density at radius 2 is 1.84 bits per heavy atom. The van der Waals surface area contributed by atoms with Gasteiger partial charge in [0.2, 0.25) is 10.0 Å².